The number of hydrogen-bond donors (Lipinski definition) is 3. The van der Waals surface area contributed by atoms with Crippen molar-refractivity contribution in [3.63, 3.8) is 0 Å². The van der Waals surface area contributed by atoms with Gasteiger partial charge < -0.3 is 9.97 Å². The van der Waals surface area contributed by atoms with Crippen LogP contribution in [0.3, 0.4) is 0 Å². The van der Waals surface area contributed by atoms with Crippen LogP contribution in [0.4, 0.5) is 5.69 Å². The molecule has 0 spiro atoms. The summed E-state index contributed by atoms with van der Waals surface area (Å²) in [5.41, 5.74) is 4.23. The SMILES string of the molecule is Cc1ccc(-c2ccc(NS(=O)(=O)c3cc4[nH]c(=O)c(=O)[nH]c4cc3C)cc2)c(C)c1. The molecule has 0 amide bonds. The van der Waals surface area contributed by atoms with E-state index in [1.54, 1.807) is 19.1 Å². The van der Waals surface area contributed by atoms with Crippen molar-refractivity contribution in [2.24, 2.45) is 0 Å². The topological polar surface area (TPSA) is 112 Å². The van der Waals surface area contributed by atoms with Crippen LogP contribution in [-0.4, -0.2) is 18.4 Å². The van der Waals surface area contributed by atoms with Gasteiger partial charge in [-0.05, 0) is 67.3 Å². The highest BCUT2D eigenvalue weighted by Crippen LogP contribution is 2.27. The molecule has 0 aliphatic rings. The zero-order valence-corrected chi connectivity index (χ0v) is 18.1. The number of rotatable bonds is 4. The third-order valence-corrected chi connectivity index (χ3v) is 6.66. The zero-order chi connectivity index (χ0) is 22.3. The van der Waals surface area contributed by atoms with E-state index in [0.717, 1.165) is 16.7 Å². The van der Waals surface area contributed by atoms with Gasteiger partial charge in [0, 0.05) is 5.69 Å². The number of sulfonamides is 1. The Balaban J connectivity index is 1.67. The van der Waals surface area contributed by atoms with E-state index in [1.165, 1.54) is 17.7 Å². The molecule has 158 valence electrons. The summed E-state index contributed by atoms with van der Waals surface area (Å²) in [6, 6.07) is 16.2. The molecule has 31 heavy (non-hydrogen) atoms. The highest BCUT2D eigenvalue weighted by Gasteiger charge is 2.19. The maximum atomic E-state index is 13.0. The number of hydrogen-bond acceptors (Lipinski definition) is 4. The molecule has 4 aromatic rings. The Labute approximate surface area is 178 Å². The lowest BCUT2D eigenvalue weighted by Crippen LogP contribution is -2.29. The number of benzene rings is 3. The normalized spacial score (nSPS) is 11.6. The molecule has 8 heteroatoms. The predicted molar refractivity (Wildman–Crippen MR) is 122 cm³/mol. The first-order chi connectivity index (χ1) is 14.6. The first-order valence-electron chi connectivity index (χ1n) is 9.61. The Kier molecular flexibility index (Phi) is 5.02. The third-order valence-electron chi connectivity index (χ3n) is 5.14. The quantitative estimate of drug-likeness (QED) is 0.425. The van der Waals surface area contributed by atoms with Crippen molar-refractivity contribution in [2.45, 2.75) is 25.7 Å². The Morgan fingerprint density at radius 3 is 1.97 bits per heavy atom. The van der Waals surface area contributed by atoms with Crippen molar-refractivity contribution in [1.29, 1.82) is 0 Å². The fourth-order valence-corrected chi connectivity index (χ4v) is 4.92. The molecule has 0 saturated carbocycles. The first-order valence-corrected chi connectivity index (χ1v) is 11.1. The van der Waals surface area contributed by atoms with Gasteiger partial charge in [0.1, 0.15) is 0 Å². The molecule has 0 radical (unpaired) electrons. The van der Waals surface area contributed by atoms with Gasteiger partial charge >= 0.3 is 11.1 Å². The molecular weight excluding hydrogens is 414 g/mol. The fraction of sp³-hybridized carbons (Fsp3) is 0.130. The van der Waals surface area contributed by atoms with Crippen molar-refractivity contribution in [2.75, 3.05) is 4.72 Å². The minimum atomic E-state index is -3.91. The molecule has 0 unspecified atom stereocenters. The Morgan fingerprint density at radius 1 is 0.742 bits per heavy atom. The Hall–Kier alpha value is -3.65. The lowest BCUT2D eigenvalue weighted by atomic mass is 9.99. The first kappa shape index (κ1) is 20.6. The van der Waals surface area contributed by atoms with E-state index < -0.39 is 21.1 Å². The summed E-state index contributed by atoms with van der Waals surface area (Å²) < 4.78 is 28.6. The second-order valence-electron chi connectivity index (χ2n) is 7.57. The summed E-state index contributed by atoms with van der Waals surface area (Å²) in [6.45, 7) is 5.70. The van der Waals surface area contributed by atoms with Crippen molar-refractivity contribution in [3.8, 4) is 11.1 Å². The van der Waals surface area contributed by atoms with E-state index in [-0.39, 0.29) is 10.4 Å². The van der Waals surface area contributed by atoms with Crippen molar-refractivity contribution < 1.29 is 8.42 Å². The molecule has 1 aromatic heterocycles. The maximum Gasteiger partial charge on any atom is 0.314 e. The predicted octanol–water partition coefficient (Wildman–Crippen LogP) is 3.61. The number of aromatic amines is 2. The van der Waals surface area contributed by atoms with Gasteiger partial charge in [-0.1, -0.05) is 35.9 Å². The smallest absolute Gasteiger partial charge is 0.314 e. The van der Waals surface area contributed by atoms with Gasteiger partial charge in [0.05, 0.1) is 15.9 Å². The number of H-pyrrole nitrogens is 2. The second kappa shape index (κ2) is 7.55. The van der Waals surface area contributed by atoms with E-state index in [9.17, 15) is 18.0 Å². The number of fused-ring (bicyclic) bond motifs is 1. The second-order valence-corrected chi connectivity index (χ2v) is 9.22. The minimum absolute atomic E-state index is 0.0150. The van der Waals surface area contributed by atoms with Crippen LogP contribution in [0, 0.1) is 20.8 Å². The van der Waals surface area contributed by atoms with E-state index in [1.807, 2.05) is 38.1 Å². The summed E-state index contributed by atoms with van der Waals surface area (Å²) in [5, 5.41) is 0. The summed E-state index contributed by atoms with van der Waals surface area (Å²) >= 11 is 0. The van der Waals surface area contributed by atoms with Gasteiger partial charge in [-0.25, -0.2) is 8.42 Å². The van der Waals surface area contributed by atoms with Gasteiger partial charge in [-0.2, -0.15) is 0 Å². The van der Waals surface area contributed by atoms with E-state index >= 15 is 0 Å². The Morgan fingerprint density at radius 2 is 1.35 bits per heavy atom. The van der Waals surface area contributed by atoms with Crippen LogP contribution < -0.4 is 15.8 Å². The lowest BCUT2D eigenvalue weighted by molar-refractivity contribution is 0.600. The average molecular weight is 436 g/mol. The highest BCUT2D eigenvalue weighted by atomic mass is 32.2. The maximum absolute atomic E-state index is 13.0. The van der Waals surface area contributed by atoms with Gasteiger partial charge in [0.15, 0.2) is 0 Å². The van der Waals surface area contributed by atoms with Gasteiger partial charge in [0.2, 0.25) is 0 Å². The molecule has 7 nitrogen and oxygen atoms in total. The largest absolute Gasteiger partial charge is 0.316 e. The molecular formula is C23H21N3O4S. The highest BCUT2D eigenvalue weighted by molar-refractivity contribution is 7.92. The zero-order valence-electron chi connectivity index (χ0n) is 17.2. The standard InChI is InChI=1S/C23H21N3O4S/c1-13-4-9-18(14(2)10-13)16-5-7-17(8-6-16)26-31(29,30)21-12-20-19(11-15(21)3)24-22(27)23(28)25-20/h4-12,26H,1-3H3,(H,24,27)(H,25,28). The molecule has 1 heterocycles. The van der Waals surface area contributed by atoms with Crippen LogP contribution in [0.1, 0.15) is 16.7 Å². The number of nitrogens with one attached hydrogen (secondary N) is 3. The molecule has 3 N–H and O–H groups in total. The Bertz CT molecular complexity index is 1530. The van der Waals surface area contributed by atoms with Crippen molar-refractivity contribution in [3.05, 3.63) is 92.0 Å². The summed E-state index contributed by atoms with van der Waals surface area (Å²) in [4.78, 5) is 28.0. The molecule has 4 rings (SSSR count). The number of aromatic nitrogens is 2. The van der Waals surface area contributed by atoms with Gasteiger partial charge in [0.25, 0.3) is 10.0 Å². The lowest BCUT2D eigenvalue weighted by Gasteiger charge is -2.13. The van der Waals surface area contributed by atoms with Gasteiger partial charge in [-0.3, -0.25) is 14.3 Å². The molecule has 0 bridgehead atoms. The minimum Gasteiger partial charge on any atom is -0.316 e. The third kappa shape index (κ3) is 4.02. The number of aryl methyl sites for hydroxylation is 3. The average Bonchev–Trinajstić information content (AvgIpc) is 2.69. The van der Waals surface area contributed by atoms with Crippen LogP contribution in [-0.2, 0) is 10.0 Å². The monoisotopic (exact) mass is 435 g/mol. The van der Waals surface area contributed by atoms with E-state index in [4.69, 9.17) is 0 Å². The van der Waals surface area contributed by atoms with Gasteiger partial charge in [-0.15, -0.1) is 0 Å². The van der Waals surface area contributed by atoms with Crippen molar-refractivity contribution >= 4 is 26.7 Å². The van der Waals surface area contributed by atoms with E-state index in [2.05, 4.69) is 20.8 Å². The van der Waals surface area contributed by atoms with Crippen LogP contribution in [0.25, 0.3) is 22.2 Å². The van der Waals surface area contributed by atoms with Crippen LogP contribution in [0.5, 0.6) is 0 Å². The number of anilines is 1. The summed E-state index contributed by atoms with van der Waals surface area (Å²) in [7, 11) is -3.91. The molecule has 3 aromatic carbocycles. The molecule has 0 aliphatic carbocycles. The molecule has 0 fully saturated rings. The summed E-state index contributed by atoms with van der Waals surface area (Å²) in [5.74, 6) is 0. The molecule has 0 aliphatic heterocycles. The van der Waals surface area contributed by atoms with E-state index in [0.29, 0.717) is 16.8 Å². The van der Waals surface area contributed by atoms with Crippen LogP contribution in [0.15, 0.2) is 69.1 Å². The molecule has 0 saturated heterocycles. The molecule has 0 atom stereocenters. The van der Waals surface area contributed by atoms with Crippen molar-refractivity contribution in [1.82, 2.24) is 9.97 Å². The van der Waals surface area contributed by atoms with Crippen LogP contribution in [0.2, 0.25) is 0 Å². The van der Waals surface area contributed by atoms with Crippen LogP contribution >= 0.6 is 0 Å². The fourth-order valence-electron chi connectivity index (χ4n) is 3.61. The summed E-state index contributed by atoms with van der Waals surface area (Å²) in [6.07, 6.45) is 0.